The first-order valence-electron chi connectivity index (χ1n) is 7.07. The molecule has 0 aliphatic carbocycles. The second kappa shape index (κ2) is 5.13. The summed E-state index contributed by atoms with van der Waals surface area (Å²) in [7, 11) is 0. The van der Waals surface area contributed by atoms with Crippen LogP contribution in [0.2, 0.25) is 0 Å². The Morgan fingerprint density at radius 1 is 1.17 bits per heavy atom. The maximum Gasteiger partial charge on any atom is 0.235 e. The summed E-state index contributed by atoms with van der Waals surface area (Å²) in [6.07, 6.45) is 2.05. The van der Waals surface area contributed by atoms with Crippen molar-refractivity contribution < 1.29 is 14.4 Å². The van der Waals surface area contributed by atoms with Gasteiger partial charge in [0.05, 0.1) is 5.56 Å². The molecule has 1 aliphatic rings. The first kappa shape index (κ1) is 13.8. The van der Waals surface area contributed by atoms with Crippen LogP contribution in [-0.2, 0) is 9.59 Å². The van der Waals surface area contributed by atoms with E-state index < -0.39 is 0 Å². The fourth-order valence-corrected chi connectivity index (χ4v) is 3.42. The number of hydrogen-bond acceptors (Lipinski definition) is 5. The van der Waals surface area contributed by atoms with Crippen molar-refractivity contribution in [3.63, 3.8) is 0 Å². The van der Waals surface area contributed by atoms with Crippen molar-refractivity contribution in [3.8, 4) is 0 Å². The number of fused-ring (bicyclic) bond motifs is 1. The molecule has 3 heterocycles. The summed E-state index contributed by atoms with van der Waals surface area (Å²) in [6.45, 7) is 0. The van der Waals surface area contributed by atoms with Crippen LogP contribution in [0.25, 0.3) is 10.9 Å². The smallest absolute Gasteiger partial charge is 0.235 e. The van der Waals surface area contributed by atoms with Gasteiger partial charge in [-0.3, -0.25) is 14.4 Å². The lowest BCUT2D eigenvalue weighted by molar-refractivity contribution is -0.121. The van der Waals surface area contributed by atoms with Crippen LogP contribution in [0, 0.1) is 0 Å². The molecule has 0 unspecified atom stereocenters. The average Bonchev–Trinajstić information content (AvgIpc) is 3.25. The number of imide groups is 1. The van der Waals surface area contributed by atoms with Gasteiger partial charge in [-0.05, 0) is 6.07 Å². The number of thiazole rings is 1. The molecular formula is C16H11N3O3S. The first-order valence-corrected chi connectivity index (χ1v) is 7.95. The average molecular weight is 325 g/mol. The maximum atomic E-state index is 12.7. The SMILES string of the molecule is O=C(c1nc(N2C(=O)CCC2=O)cs1)c1c[nH]c2ccccc12. The van der Waals surface area contributed by atoms with Gasteiger partial charge in [0.25, 0.3) is 0 Å². The minimum atomic E-state index is -0.272. The Morgan fingerprint density at radius 2 is 1.91 bits per heavy atom. The molecule has 0 atom stereocenters. The molecule has 0 saturated carbocycles. The van der Waals surface area contributed by atoms with Gasteiger partial charge in [0, 0.05) is 35.3 Å². The van der Waals surface area contributed by atoms with Gasteiger partial charge in [-0.15, -0.1) is 11.3 Å². The minimum absolute atomic E-state index is 0.197. The zero-order valence-corrected chi connectivity index (χ0v) is 12.7. The number of nitrogens with zero attached hydrogens (tertiary/aromatic N) is 2. The van der Waals surface area contributed by atoms with E-state index in [0.717, 1.165) is 27.1 Å². The summed E-state index contributed by atoms with van der Waals surface area (Å²) in [5.41, 5.74) is 1.40. The number of amides is 2. The number of nitrogens with one attached hydrogen (secondary N) is 1. The van der Waals surface area contributed by atoms with Crippen LogP contribution in [-0.4, -0.2) is 27.6 Å². The summed E-state index contributed by atoms with van der Waals surface area (Å²) in [4.78, 5) is 44.5. The molecule has 1 aromatic carbocycles. The lowest BCUT2D eigenvalue weighted by atomic mass is 10.1. The van der Waals surface area contributed by atoms with E-state index in [2.05, 4.69) is 9.97 Å². The van der Waals surface area contributed by atoms with E-state index >= 15 is 0 Å². The van der Waals surface area contributed by atoms with Crippen LogP contribution in [0.3, 0.4) is 0 Å². The highest BCUT2D eigenvalue weighted by molar-refractivity contribution is 7.12. The highest BCUT2D eigenvalue weighted by Crippen LogP contribution is 2.27. The van der Waals surface area contributed by atoms with E-state index in [9.17, 15) is 14.4 Å². The molecule has 7 heteroatoms. The Hall–Kier alpha value is -2.80. The number of aromatic nitrogens is 2. The molecule has 0 radical (unpaired) electrons. The molecule has 2 aromatic heterocycles. The number of aromatic amines is 1. The number of para-hydroxylation sites is 1. The van der Waals surface area contributed by atoms with Crippen LogP contribution in [0.1, 0.15) is 28.2 Å². The molecule has 2 amide bonds. The van der Waals surface area contributed by atoms with Crippen LogP contribution >= 0.6 is 11.3 Å². The summed E-state index contributed by atoms with van der Waals surface area (Å²) in [5.74, 6) is -0.527. The Morgan fingerprint density at radius 3 is 2.70 bits per heavy atom. The number of anilines is 1. The summed E-state index contributed by atoms with van der Waals surface area (Å²) in [6, 6.07) is 7.50. The number of carbonyl (C=O) groups excluding carboxylic acids is 3. The van der Waals surface area contributed by atoms with Gasteiger partial charge in [-0.2, -0.15) is 0 Å². The lowest BCUT2D eigenvalue weighted by Gasteiger charge is -2.08. The van der Waals surface area contributed by atoms with Crippen LogP contribution in [0.5, 0.6) is 0 Å². The number of hydrogen-bond donors (Lipinski definition) is 1. The van der Waals surface area contributed by atoms with Gasteiger partial charge in [-0.25, -0.2) is 9.88 Å². The number of ketones is 1. The number of benzene rings is 1. The van der Waals surface area contributed by atoms with Crippen LogP contribution in [0.15, 0.2) is 35.8 Å². The third-order valence-corrected chi connectivity index (χ3v) is 4.63. The lowest BCUT2D eigenvalue weighted by Crippen LogP contribution is -2.28. The summed E-state index contributed by atoms with van der Waals surface area (Å²) in [5, 5.41) is 2.66. The molecular weight excluding hydrogens is 314 g/mol. The van der Waals surface area contributed by atoms with Crippen molar-refractivity contribution in [1.82, 2.24) is 9.97 Å². The molecule has 4 rings (SSSR count). The number of carbonyl (C=O) groups is 3. The van der Waals surface area contributed by atoms with E-state index in [0.29, 0.717) is 5.56 Å². The Kier molecular flexibility index (Phi) is 3.09. The molecule has 1 aliphatic heterocycles. The normalized spacial score (nSPS) is 14.9. The van der Waals surface area contributed by atoms with Crippen molar-refractivity contribution in [2.75, 3.05) is 4.90 Å². The van der Waals surface area contributed by atoms with Crippen LogP contribution in [0.4, 0.5) is 5.82 Å². The van der Waals surface area contributed by atoms with Gasteiger partial charge in [-0.1, -0.05) is 18.2 Å². The molecule has 3 aromatic rings. The highest BCUT2D eigenvalue weighted by atomic mass is 32.1. The predicted octanol–water partition coefficient (Wildman–Crippen LogP) is 2.51. The monoisotopic (exact) mass is 325 g/mol. The van der Waals surface area contributed by atoms with Gasteiger partial charge in [0.1, 0.15) is 0 Å². The zero-order chi connectivity index (χ0) is 16.0. The molecule has 0 spiro atoms. The molecule has 1 saturated heterocycles. The third kappa shape index (κ3) is 2.17. The van der Waals surface area contributed by atoms with Crippen molar-refractivity contribution in [3.05, 3.63) is 46.4 Å². The maximum absolute atomic E-state index is 12.7. The van der Waals surface area contributed by atoms with Gasteiger partial charge in [0.2, 0.25) is 17.6 Å². The van der Waals surface area contributed by atoms with Gasteiger partial charge < -0.3 is 4.98 Å². The van der Waals surface area contributed by atoms with E-state index in [1.54, 1.807) is 11.6 Å². The quantitative estimate of drug-likeness (QED) is 0.592. The number of H-pyrrole nitrogens is 1. The molecule has 23 heavy (non-hydrogen) atoms. The summed E-state index contributed by atoms with van der Waals surface area (Å²) >= 11 is 1.13. The van der Waals surface area contributed by atoms with Crippen molar-refractivity contribution in [2.24, 2.45) is 0 Å². The standard InChI is InChI=1S/C16H11N3O3S/c20-13-5-6-14(21)19(13)12-8-23-16(18-12)15(22)10-7-17-11-4-2-1-3-9(10)11/h1-4,7-8,17H,5-6H2. The van der Waals surface area contributed by atoms with Crippen molar-refractivity contribution in [2.45, 2.75) is 12.8 Å². The second-order valence-corrected chi connectivity index (χ2v) is 6.07. The van der Waals surface area contributed by atoms with E-state index in [1.165, 1.54) is 0 Å². The molecule has 1 fully saturated rings. The number of rotatable bonds is 3. The molecule has 0 bridgehead atoms. The van der Waals surface area contributed by atoms with Crippen molar-refractivity contribution in [1.29, 1.82) is 0 Å². The fraction of sp³-hybridized carbons (Fsp3) is 0.125. The topological polar surface area (TPSA) is 83.1 Å². The highest BCUT2D eigenvalue weighted by Gasteiger charge is 2.32. The van der Waals surface area contributed by atoms with Crippen LogP contribution < -0.4 is 4.90 Å². The minimum Gasteiger partial charge on any atom is -0.360 e. The van der Waals surface area contributed by atoms with Gasteiger partial charge in [0.15, 0.2) is 10.8 Å². The molecule has 114 valence electrons. The Balaban J connectivity index is 1.70. The Labute approximate surface area is 134 Å². The van der Waals surface area contributed by atoms with E-state index in [4.69, 9.17) is 0 Å². The van der Waals surface area contributed by atoms with Gasteiger partial charge >= 0.3 is 0 Å². The predicted molar refractivity (Wildman–Crippen MR) is 85.6 cm³/mol. The zero-order valence-electron chi connectivity index (χ0n) is 11.9. The fourth-order valence-electron chi connectivity index (χ4n) is 2.68. The second-order valence-electron chi connectivity index (χ2n) is 5.21. The third-order valence-electron chi connectivity index (χ3n) is 3.80. The molecule has 1 N–H and O–H groups in total. The Bertz CT molecular complexity index is 940. The molecule has 6 nitrogen and oxygen atoms in total. The first-order chi connectivity index (χ1) is 11.1. The van der Waals surface area contributed by atoms with E-state index in [-0.39, 0.29) is 41.3 Å². The van der Waals surface area contributed by atoms with E-state index in [1.807, 2.05) is 24.3 Å². The van der Waals surface area contributed by atoms with Crippen molar-refractivity contribution >= 4 is 45.7 Å². The largest absolute Gasteiger partial charge is 0.360 e. The summed E-state index contributed by atoms with van der Waals surface area (Å²) < 4.78 is 0.